The lowest BCUT2D eigenvalue weighted by Gasteiger charge is -2.14. The molecule has 2 aromatic rings. The Labute approximate surface area is 122 Å². The van der Waals surface area contributed by atoms with Crippen LogP contribution in [-0.4, -0.2) is 4.92 Å². The quantitative estimate of drug-likeness (QED) is 0.666. The van der Waals surface area contributed by atoms with Crippen LogP contribution in [-0.2, 0) is 6.54 Å². The molecule has 5 heteroatoms. The smallest absolute Gasteiger partial charge is 0.275 e. The lowest BCUT2D eigenvalue weighted by atomic mass is 10.1. The molecule has 4 nitrogen and oxygen atoms in total. The van der Waals surface area contributed by atoms with Crippen molar-refractivity contribution in [1.82, 2.24) is 5.32 Å². The molecule has 0 aromatic heterocycles. The molecular formula is C15H15ClN2O2. The first-order valence-corrected chi connectivity index (χ1v) is 6.67. The summed E-state index contributed by atoms with van der Waals surface area (Å²) >= 11 is 5.79. The molecule has 0 unspecified atom stereocenters. The molecule has 0 radical (unpaired) electrons. The zero-order valence-electron chi connectivity index (χ0n) is 11.0. The Morgan fingerprint density at radius 2 is 1.95 bits per heavy atom. The molecule has 20 heavy (non-hydrogen) atoms. The lowest BCUT2D eigenvalue weighted by molar-refractivity contribution is -0.385. The number of rotatable bonds is 5. The second-order valence-electron chi connectivity index (χ2n) is 4.54. The van der Waals surface area contributed by atoms with E-state index in [0.717, 1.165) is 5.56 Å². The SMILES string of the molecule is C[C@@H](NCc1ccc(Cl)cc1[N+](=O)[O-])c1ccccc1. The molecule has 1 N–H and O–H groups in total. The maximum atomic E-state index is 11.0. The van der Waals surface area contributed by atoms with Crippen molar-refractivity contribution in [1.29, 1.82) is 0 Å². The fourth-order valence-electron chi connectivity index (χ4n) is 1.98. The topological polar surface area (TPSA) is 55.2 Å². The van der Waals surface area contributed by atoms with Gasteiger partial charge in [-0.2, -0.15) is 0 Å². The molecule has 0 amide bonds. The minimum atomic E-state index is -0.407. The van der Waals surface area contributed by atoms with Crippen molar-refractivity contribution in [2.45, 2.75) is 19.5 Å². The van der Waals surface area contributed by atoms with Gasteiger partial charge in [0.05, 0.1) is 4.92 Å². The zero-order chi connectivity index (χ0) is 14.5. The van der Waals surface area contributed by atoms with Crippen LogP contribution in [0.2, 0.25) is 5.02 Å². The fourth-order valence-corrected chi connectivity index (χ4v) is 2.15. The molecule has 0 aliphatic rings. The molecule has 0 bridgehead atoms. The highest BCUT2D eigenvalue weighted by molar-refractivity contribution is 6.30. The number of hydrogen-bond acceptors (Lipinski definition) is 3. The second kappa shape index (κ2) is 6.50. The van der Waals surface area contributed by atoms with E-state index in [1.54, 1.807) is 12.1 Å². The third-order valence-electron chi connectivity index (χ3n) is 3.14. The van der Waals surface area contributed by atoms with E-state index in [-0.39, 0.29) is 11.7 Å². The average Bonchev–Trinajstić information content (AvgIpc) is 2.46. The van der Waals surface area contributed by atoms with E-state index in [1.165, 1.54) is 6.07 Å². The maximum Gasteiger partial charge on any atom is 0.275 e. The molecule has 104 valence electrons. The minimum Gasteiger partial charge on any atom is -0.306 e. The van der Waals surface area contributed by atoms with E-state index in [2.05, 4.69) is 5.32 Å². The lowest BCUT2D eigenvalue weighted by Crippen LogP contribution is -2.18. The van der Waals surface area contributed by atoms with Crippen molar-refractivity contribution in [3.63, 3.8) is 0 Å². The van der Waals surface area contributed by atoms with E-state index < -0.39 is 4.92 Å². The molecule has 0 fully saturated rings. The van der Waals surface area contributed by atoms with E-state index in [9.17, 15) is 10.1 Å². The highest BCUT2D eigenvalue weighted by Gasteiger charge is 2.15. The Morgan fingerprint density at radius 3 is 2.60 bits per heavy atom. The van der Waals surface area contributed by atoms with Crippen LogP contribution in [0.25, 0.3) is 0 Å². The van der Waals surface area contributed by atoms with Gasteiger partial charge in [-0.15, -0.1) is 0 Å². The number of nitrogens with zero attached hydrogens (tertiary/aromatic N) is 1. The van der Waals surface area contributed by atoms with Gasteiger partial charge in [-0.3, -0.25) is 10.1 Å². The van der Waals surface area contributed by atoms with Gasteiger partial charge >= 0.3 is 0 Å². The number of nitro benzene ring substituents is 1. The van der Waals surface area contributed by atoms with E-state index >= 15 is 0 Å². The van der Waals surface area contributed by atoms with Gasteiger partial charge in [0.1, 0.15) is 0 Å². The number of nitrogens with one attached hydrogen (secondary N) is 1. The molecule has 0 aliphatic carbocycles. The van der Waals surface area contributed by atoms with Crippen molar-refractivity contribution in [3.8, 4) is 0 Å². The summed E-state index contributed by atoms with van der Waals surface area (Å²) in [6, 6.07) is 14.8. The van der Waals surface area contributed by atoms with Gasteiger partial charge in [0.15, 0.2) is 0 Å². The van der Waals surface area contributed by atoms with Gasteiger partial charge in [-0.25, -0.2) is 0 Å². The number of hydrogen-bond donors (Lipinski definition) is 1. The van der Waals surface area contributed by atoms with Crippen molar-refractivity contribution in [2.75, 3.05) is 0 Å². The summed E-state index contributed by atoms with van der Waals surface area (Å²) in [5, 5.41) is 14.7. The summed E-state index contributed by atoms with van der Waals surface area (Å²) in [7, 11) is 0. The Balaban J connectivity index is 2.09. The van der Waals surface area contributed by atoms with Gasteiger partial charge in [-0.1, -0.05) is 41.9 Å². The predicted octanol–water partition coefficient (Wildman–Crippen LogP) is 4.10. The van der Waals surface area contributed by atoms with Crippen molar-refractivity contribution in [3.05, 3.63) is 74.8 Å². The normalized spacial score (nSPS) is 12.1. The molecule has 0 saturated heterocycles. The molecule has 1 atom stereocenters. The van der Waals surface area contributed by atoms with Crippen molar-refractivity contribution >= 4 is 17.3 Å². The summed E-state index contributed by atoms with van der Waals surface area (Å²) in [6.07, 6.45) is 0. The van der Waals surface area contributed by atoms with E-state index in [4.69, 9.17) is 11.6 Å². The third kappa shape index (κ3) is 3.56. The molecular weight excluding hydrogens is 276 g/mol. The number of benzene rings is 2. The van der Waals surface area contributed by atoms with Crippen LogP contribution in [0, 0.1) is 10.1 Å². The van der Waals surface area contributed by atoms with Crippen LogP contribution in [0.4, 0.5) is 5.69 Å². The Bertz CT molecular complexity index is 602. The first-order chi connectivity index (χ1) is 9.58. The second-order valence-corrected chi connectivity index (χ2v) is 4.98. The standard InChI is InChI=1S/C15H15ClN2O2/c1-11(12-5-3-2-4-6-12)17-10-13-7-8-14(16)9-15(13)18(19)20/h2-9,11,17H,10H2,1H3/t11-/m1/s1. The largest absolute Gasteiger partial charge is 0.306 e. The van der Waals surface area contributed by atoms with E-state index in [0.29, 0.717) is 17.1 Å². The highest BCUT2D eigenvalue weighted by Crippen LogP contribution is 2.24. The van der Waals surface area contributed by atoms with Crippen LogP contribution < -0.4 is 5.32 Å². The van der Waals surface area contributed by atoms with Gasteiger partial charge < -0.3 is 5.32 Å². The van der Waals surface area contributed by atoms with Crippen molar-refractivity contribution < 1.29 is 4.92 Å². The summed E-state index contributed by atoms with van der Waals surface area (Å²) in [6.45, 7) is 2.45. The van der Waals surface area contributed by atoms with Crippen LogP contribution in [0.5, 0.6) is 0 Å². The van der Waals surface area contributed by atoms with Crippen LogP contribution >= 0.6 is 11.6 Å². The van der Waals surface area contributed by atoms with Gasteiger partial charge in [-0.05, 0) is 24.6 Å². The van der Waals surface area contributed by atoms with Gasteiger partial charge in [0.2, 0.25) is 0 Å². The first-order valence-electron chi connectivity index (χ1n) is 6.29. The molecule has 2 rings (SSSR count). The van der Waals surface area contributed by atoms with Crippen LogP contribution in [0.1, 0.15) is 24.1 Å². The van der Waals surface area contributed by atoms with Gasteiger partial charge in [0, 0.05) is 29.2 Å². The molecule has 0 aliphatic heterocycles. The van der Waals surface area contributed by atoms with Gasteiger partial charge in [0.25, 0.3) is 5.69 Å². The molecule has 0 spiro atoms. The molecule has 0 heterocycles. The predicted molar refractivity (Wildman–Crippen MR) is 79.8 cm³/mol. The average molecular weight is 291 g/mol. The van der Waals surface area contributed by atoms with Crippen LogP contribution in [0.3, 0.4) is 0 Å². The summed E-state index contributed by atoms with van der Waals surface area (Å²) in [5.41, 5.74) is 1.82. The molecule has 0 saturated carbocycles. The minimum absolute atomic E-state index is 0.0465. The fraction of sp³-hybridized carbons (Fsp3) is 0.200. The Morgan fingerprint density at radius 1 is 1.25 bits per heavy atom. The maximum absolute atomic E-state index is 11.0. The highest BCUT2D eigenvalue weighted by atomic mass is 35.5. The Kier molecular flexibility index (Phi) is 4.71. The first kappa shape index (κ1) is 14.5. The molecule has 2 aromatic carbocycles. The number of halogens is 1. The Hall–Kier alpha value is -1.91. The van der Waals surface area contributed by atoms with Crippen LogP contribution in [0.15, 0.2) is 48.5 Å². The summed E-state index contributed by atoms with van der Waals surface area (Å²) in [5.74, 6) is 0. The summed E-state index contributed by atoms with van der Waals surface area (Å²) < 4.78 is 0. The van der Waals surface area contributed by atoms with E-state index in [1.807, 2.05) is 37.3 Å². The summed E-state index contributed by atoms with van der Waals surface area (Å²) in [4.78, 5) is 10.6. The third-order valence-corrected chi connectivity index (χ3v) is 3.38. The monoisotopic (exact) mass is 290 g/mol. The zero-order valence-corrected chi connectivity index (χ0v) is 11.8. The number of nitro groups is 1. The van der Waals surface area contributed by atoms with Crippen molar-refractivity contribution in [2.24, 2.45) is 0 Å².